The lowest BCUT2D eigenvalue weighted by molar-refractivity contribution is -0.131. The van der Waals surface area contributed by atoms with Gasteiger partial charge < -0.3 is 0 Å². The van der Waals surface area contributed by atoms with E-state index in [4.69, 9.17) is 23.2 Å². The van der Waals surface area contributed by atoms with Gasteiger partial charge in [0.05, 0.1) is 0 Å². The zero-order valence-electron chi connectivity index (χ0n) is 8.30. The summed E-state index contributed by atoms with van der Waals surface area (Å²) in [6.07, 6.45) is 2.63. The van der Waals surface area contributed by atoms with Crippen LogP contribution in [0.3, 0.4) is 0 Å². The van der Waals surface area contributed by atoms with Crippen molar-refractivity contribution in [3.8, 4) is 0 Å². The molecule has 2 saturated carbocycles. The number of nitrogens with one attached hydrogen (secondary N) is 1. The zero-order chi connectivity index (χ0) is 11.7. The van der Waals surface area contributed by atoms with Crippen LogP contribution in [-0.4, -0.2) is 26.4 Å². The summed E-state index contributed by atoms with van der Waals surface area (Å²) >= 11 is 16.2. The van der Waals surface area contributed by atoms with Gasteiger partial charge >= 0.3 is 0 Å². The monoisotopic (exact) mass is 325 g/mol. The second-order valence-electron chi connectivity index (χ2n) is 4.83. The van der Waals surface area contributed by atoms with Gasteiger partial charge in [0.1, 0.15) is 0 Å². The Morgan fingerprint density at radius 1 is 1.12 bits per heavy atom. The number of carbonyl (C=O) groups excluding carboxylic acids is 2. The summed E-state index contributed by atoms with van der Waals surface area (Å²) in [5.41, 5.74) is 0. The molecule has 3 fully saturated rings. The third-order valence-corrected chi connectivity index (χ3v) is 6.65. The van der Waals surface area contributed by atoms with Crippen LogP contribution in [0.25, 0.3) is 0 Å². The fourth-order valence-corrected chi connectivity index (χ4v) is 5.15. The second kappa shape index (κ2) is 3.15. The number of halogens is 3. The molecule has 88 valence electrons. The molecule has 1 saturated heterocycles. The summed E-state index contributed by atoms with van der Waals surface area (Å²) in [5, 5.41) is 2.27. The second-order valence-corrected chi connectivity index (χ2v) is 7.32. The van der Waals surface area contributed by atoms with Crippen LogP contribution in [0.1, 0.15) is 19.3 Å². The normalized spacial score (nSPS) is 55.1. The van der Waals surface area contributed by atoms with E-state index in [9.17, 15) is 9.59 Å². The molecule has 0 aromatic heterocycles. The Bertz CT molecular complexity index is 404. The summed E-state index contributed by atoms with van der Waals surface area (Å²) in [6, 6.07) is 0. The Labute approximate surface area is 111 Å². The van der Waals surface area contributed by atoms with Crippen molar-refractivity contribution in [3.05, 3.63) is 0 Å². The highest BCUT2D eigenvalue weighted by atomic mass is 79.9. The van der Waals surface area contributed by atoms with Crippen LogP contribution >= 0.6 is 39.1 Å². The third kappa shape index (κ3) is 0.982. The van der Waals surface area contributed by atoms with E-state index in [1.54, 1.807) is 0 Å². The number of carbonyl (C=O) groups is 2. The number of amides is 2. The molecule has 5 atom stereocenters. The van der Waals surface area contributed by atoms with E-state index in [2.05, 4.69) is 21.2 Å². The Kier molecular flexibility index (Phi) is 2.22. The quantitative estimate of drug-likeness (QED) is 0.545. The standard InChI is InChI=1S/C10H10BrCl2NO2/c11-4-1-2-5-6(3-4)10(13)8(16)14-7(15)9(5,10)12/h4-6H,1-3H2,(H,14,15,16). The van der Waals surface area contributed by atoms with Crippen molar-refractivity contribution in [1.29, 1.82) is 0 Å². The molecule has 1 heterocycles. The summed E-state index contributed by atoms with van der Waals surface area (Å²) in [6.45, 7) is 0. The molecule has 0 spiro atoms. The number of hydrogen-bond acceptors (Lipinski definition) is 2. The van der Waals surface area contributed by atoms with E-state index in [0.717, 1.165) is 19.3 Å². The first kappa shape index (κ1) is 11.3. The minimum Gasteiger partial charge on any atom is -0.293 e. The maximum absolute atomic E-state index is 11.8. The lowest BCUT2D eigenvalue weighted by Crippen LogP contribution is -2.72. The van der Waals surface area contributed by atoms with Crippen LogP contribution < -0.4 is 5.32 Å². The van der Waals surface area contributed by atoms with Crippen molar-refractivity contribution in [2.75, 3.05) is 0 Å². The predicted molar refractivity (Wildman–Crippen MR) is 63.9 cm³/mol. The molecule has 3 aliphatic rings. The molecular formula is C10H10BrCl2NO2. The van der Waals surface area contributed by atoms with Gasteiger partial charge in [-0.2, -0.15) is 0 Å². The molecule has 1 N–H and O–H groups in total. The molecule has 16 heavy (non-hydrogen) atoms. The van der Waals surface area contributed by atoms with Crippen LogP contribution in [0, 0.1) is 11.8 Å². The van der Waals surface area contributed by atoms with Gasteiger partial charge in [-0.1, -0.05) is 15.9 Å². The Hall–Kier alpha value is 0.200. The fourth-order valence-electron chi connectivity index (χ4n) is 3.43. The summed E-state index contributed by atoms with van der Waals surface area (Å²) in [7, 11) is 0. The van der Waals surface area contributed by atoms with E-state index in [1.165, 1.54) is 0 Å². The van der Waals surface area contributed by atoms with Gasteiger partial charge in [-0.05, 0) is 31.1 Å². The molecule has 0 aromatic rings. The Morgan fingerprint density at radius 2 is 1.69 bits per heavy atom. The highest BCUT2D eigenvalue weighted by molar-refractivity contribution is 9.09. The van der Waals surface area contributed by atoms with Crippen LogP contribution in [-0.2, 0) is 9.59 Å². The lowest BCUT2D eigenvalue weighted by Gasteiger charge is -2.59. The van der Waals surface area contributed by atoms with Gasteiger partial charge in [-0.3, -0.25) is 14.9 Å². The Balaban J connectivity index is 2.03. The topological polar surface area (TPSA) is 46.2 Å². The summed E-state index contributed by atoms with van der Waals surface area (Å²) < 4.78 is 0. The van der Waals surface area contributed by atoms with Crippen molar-refractivity contribution in [2.45, 2.75) is 33.8 Å². The van der Waals surface area contributed by atoms with Crippen molar-refractivity contribution in [2.24, 2.45) is 11.8 Å². The number of alkyl halides is 3. The summed E-state index contributed by atoms with van der Waals surface area (Å²) in [4.78, 5) is 21.5. The zero-order valence-corrected chi connectivity index (χ0v) is 11.4. The molecule has 2 amide bonds. The molecule has 0 bridgehead atoms. The maximum Gasteiger partial charge on any atom is 0.250 e. The highest BCUT2D eigenvalue weighted by Crippen LogP contribution is 2.67. The maximum atomic E-state index is 11.8. The van der Waals surface area contributed by atoms with Crippen LogP contribution in [0.5, 0.6) is 0 Å². The molecule has 5 unspecified atom stereocenters. The van der Waals surface area contributed by atoms with Crippen molar-refractivity contribution >= 4 is 50.9 Å². The number of hydrogen-bond donors (Lipinski definition) is 1. The average molecular weight is 327 g/mol. The van der Waals surface area contributed by atoms with Gasteiger partial charge in [-0.15, -0.1) is 23.2 Å². The minimum atomic E-state index is -1.22. The van der Waals surface area contributed by atoms with E-state index in [-0.39, 0.29) is 11.8 Å². The molecule has 3 nitrogen and oxygen atoms in total. The fraction of sp³-hybridized carbons (Fsp3) is 0.800. The van der Waals surface area contributed by atoms with Gasteiger partial charge in [-0.25, -0.2) is 0 Å². The van der Waals surface area contributed by atoms with Crippen LogP contribution in [0.2, 0.25) is 0 Å². The average Bonchev–Trinajstić information content (AvgIpc) is 2.39. The Morgan fingerprint density at radius 3 is 2.31 bits per heavy atom. The number of imide groups is 1. The van der Waals surface area contributed by atoms with Gasteiger partial charge in [0.25, 0.3) is 0 Å². The minimum absolute atomic E-state index is 0.0104. The van der Waals surface area contributed by atoms with Gasteiger partial charge in [0.2, 0.25) is 11.8 Å². The molecule has 0 radical (unpaired) electrons. The first-order valence-electron chi connectivity index (χ1n) is 5.30. The molecule has 6 heteroatoms. The van der Waals surface area contributed by atoms with E-state index >= 15 is 0 Å². The first-order chi connectivity index (χ1) is 7.42. The molecule has 0 aromatic carbocycles. The summed E-state index contributed by atoms with van der Waals surface area (Å²) in [5.74, 6) is -0.788. The third-order valence-electron chi connectivity index (χ3n) is 4.23. The first-order valence-corrected chi connectivity index (χ1v) is 6.97. The van der Waals surface area contributed by atoms with E-state index < -0.39 is 21.6 Å². The number of fused-ring (bicyclic) bond motifs is 4. The van der Waals surface area contributed by atoms with Gasteiger partial charge in [0, 0.05) is 4.83 Å². The predicted octanol–water partition coefficient (Wildman–Crippen LogP) is 1.79. The van der Waals surface area contributed by atoms with Crippen molar-refractivity contribution in [3.63, 3.8) is 0 Å². The number of rotatable bonds is 0. The molecule has 3 rings (SSSR count). The van der Waals surface area contributed by atoms with Crippen LogP contribution in [0.4, 0.5) is 0 Å². The SMILES string of the molecule is O=C1NC(=O)C2(Cl)C3CC(Br)CCC3C12Cl. The largest absolute Gasteiger partial charge is 0.293 e. The van der Waals surface area contributed by atoms with E-state index in [1.807, 2.05) is 0 Å². The molecule has 2 aliphatic carbocycles. The smallest absolute Gasteiger partial charge is 0.250 e. The molecule has 1 aliphatic heterocycles. The van der Waals surface area contributed by atoms with Gasteiger partial charge in [0.15, 0.2) is 9.75 Å². The van der Waals surface area contributed by atoms with Crippen molar-refractivity contribution < 1.29 is 9.59 Å². The van der Waals surface area contributed by atoms with E-state index in [0.29, 0.717) is 4.83 Å². The molecular weight excluding hydrogens is 317 g/mol. The van der Waals surface area contributed by atoms with Crippen molar-refractivity contribution in [1.82, 2.24) is 5.32 Å². The van der Waals surface area contributed by atoms with Crippen LogP contribution in [0.15, 0.2) is 0 Å². The lowest BCUT2D eigenvalue weighted by atomic mass is 9.51. The highest BCUT2D eigenvalue weighted by Gasteiger charge is 2.81.